The minimum Gasteiger partial charge on any atom is -0.398 e. The summed E-state index contributed by atoms with van der Waals surface area (Å²) in [5, 5.41) is 0. The number of hydrogen-bond acceptors (Lipinski definition) is 3. The first-order valence-electron chi connectivity index (χ1n) is 4.50. The average Bonchev–Trinajstić information content (AvgIpc) is 2.43. The number of fused-ring (bicyclic) bond motifs is 1. The molecule has 0 aromatic carbocycles. The van der Waals surface area contributed by atoms with Crippen molar-refractivity contribution in [3.8, 4) is 11.1 Å². The van der Waals surface area contributed by atoms with Gasteiger partial charge in [0.05, 0.1) is 5.69 Å². The van der Waals surface area contributed by atoms with Crippen molar-refractivity contribution >= 4 is 18.3 Å². The summed E-state index contributed by atoms with van der Waals surface area (Å²) in [7, 11) is 0. The van der Waals surface area contributed by atoms with E-state index in [-0.39, 0.29) is 5.69 Å². The second-order valence-electron chi connectivity index (χ2n) is 3.21. The summed E-state index contributed by atoms with van der Waals surface area (Å²) in [6.45, 7) is 0. The van der Waals surface area contributed by atoms with Crippen LogP contribution in [-0.4, -0.2) is 12.6 Å². The molecule has 0 heterocycles. The number of carbonyl (C=O) groups is 2. The third-order valence-corrected chi connectivity index (χ3v) is 2.43. The second kappa shape index (κ2) is 3.53. The minimum absolute atomic E-state index is 0.265. The predicted molar refractivity (Wildman–Crippen MR) is 58.3 cm³/mol. The van der Waals surface area contributed by atoms with Gasteiger partial charge in [0, 0.05) is 11.1 Å². The molecule has 0 atom stereocenters. The molecule has 0 aromatic rings. The summed E-state index contributed by atoms with van der Waals surface area (Å²) < 4.78 is 0. The molecule has 3 nitrogen and oxygen atoms in total. The summed E-state index contributed by atoms with van der Waals surface area (Å²) in [5.74, 6) is 0. The normalized spacial score (nSPS) is 10.1. The molecule has 74 valence electrons. The van der Waals surface area contributed by atoms with Crippen LogP contribution >= 0.6 is 0 Å². The van der Waals surface area contributed by atoms with Crippen molar-refractivity contribution in [1.29, 1.82) is 0 Å². The number of nitrogen functional groups attached to an aromatic ring is 1. The van der Waals surface area contributed by atoms with Gasteiger partial charge in [-0.15, -0.1) is 0 Å². The van der Waals surface area contributed by atoms with Gasteiger partial charge in [-0.05, 0) is 11.1 Å². The van der Waals surface area contributed by atoms with E-state index in [4.69, 9.17) is 5.73 Å². The van der Waals surface area contributed by atoms with E-state index in [2.05, 4.69) is 0 Å². The van der Waals surface area contributed by atoms with Crippen LogP contribution in [-0.2, 0) is 0 Å². The van der Waals surface area contributed by atoms with Crippen LogP contribution in [0.2, 0.25) is 0 Å². The summed E-state index contributed by atoms with van der Waals surface area (Å²) in [5.41, 5.74) is 8.20. The molecule has 0 bridgehead atoms. The first kappa shape index (κ1) is 9.40. The molecule has 0 saturated carbocycles. The SMILES string of the molecule is Nc1c(C=O)c2cccccc-2c1C=O. The lowest BCUT2D eigenvalue weighted by Gasteiger charge is -1.92. The van der Waals surface area contributed by atoms with Crippen LogP contribution in [0, 0.1) is 0 Å². The molecular formula is C12H9NO2. The quantitative estimate of drug-likeness (QED) is 0.752. The molecule has 0 spiro atoms. The Bertz CT molecular complexity index is 463. The van der Waals surface area contributed by atoms with Crippen molar-refractivity contribution < 1.29 is 9.59 Å². The lowest BCUT2D eigenvalue weighted by atomic mass is 10.1. The molecule has 15 heavy (non-hydrogen) atoms. The van der Waals surface area contributed by atoms with Crippen LogP contribution in [0.3, 0.4) is 0 Å². The molecule has 0 aromatic heterocycles. The monoisotopic (exact) mass is 199 g/mol. The lowest BCUT2D eigenvalue weighted by Crippen LogP contribution is -1.91. The Morgan fingerprint density at radius 3 is 1.73 bits per heavy atom. The molecule has 2 rings (SSSR count). The second-order valence-corrected chi connectivity index (χ2v) is 3.21. The smallest absolute Gasteiger partial charge is 0.152 e. The maximum absolute atomic E-state index is 10.9. The van der Waals surface area contributed by atoms with E-state index in [9.17, 15) is 9.59 Å². The Labute approximate surface area is 86.9 Å². The zero-order chi connectivity index (χ0) is 10.8. The van der Waals surface area contributed by atoms with Crippen LogP contribution < -0.4 is 5.73 Å². The van der Waals surface area contributed by atoms with Crippen molar-refractivity contribution in [1.82, 2.24) is 0 Å². The number of rotatable bonds is 2. The van der Waals surface area contributed by atoms with Crippen LogP contribution in [0.5, 0.6) is 0 Å². The fourth-order valence-electron chi connectivity index (χ4n) is 1.71. The number of anilines is 1. The van der Waals surface area contributed by atoms with Gasteiger partial charge >= 0.3 is 0 Å². The fraction of sp³-hybridized carbons (Fsp3) is 0. The van der Waals surface area contributed by atoms with E-state index < -0.39 is 0 Å². The van der Waals surface area contributed by atoms with E-state index in [0.717, 1.165) is 11.1 Å². The van der Waals surface area contributed by atoms with Gasteiger partial charge in [0.25, 0.3) is 0 Å². The largest absolute Gasteiger partial charge is 0.398 e. The van der Waals surface area contributed by atoms with Crippen molar-refractivity contribution in [2.75, 3.05) is 5.73 Å². The van der Waals surface area contributed by atoms with Crippen molar-refractivity contribution in [2.24, 2.45) is 0 Å². The molecule has 0 fully saturated rings. The van der Waals surface area contributed by atoms with Crippen molar-refractivity contribution in [2.45, 2.75) is 0 Å². The van der Waals surface area contributed by atoms with E-state index in [1.54, 1.807) is 12.1 Å². The Balaban J connectivity index is 2.90. The Kier molecular flexibility index (Phi) is 2.21. The van der Waals surface area contributed by atoms with Crippen LogP contribution in [0.15, 0.2) is 30.3 Å². The maximum Gasteiger partial charge on any atom is 0.152 e. The number of hydrogen-bond donors (Lipinski definition) is 1. The Morgan fingerprint density at radius 2 is 1.33 bits per heavy atom. The van der Waals surface area contributed by atoms with Crippen LogP contribution in [0.4, 0.5) is 5.69 Å². The molecule has 0 amide bonds. The molecule has 0 radical (unpaired) electrons. The van der Waals surface area contributed by atoms with Crippen molar-refractivity contribution in [3.05, 3.63) is 41.5 Å². The maximum atomic E-state index is 10.9. The van der Waals surface area contributed by atoms with Gasteiger partial charge in [0.2, 0.25) is 0 Å². The highest BCUT2D eigenvalue weighted by Gasteiger charge is 2.19. The third-order valence-electron chi connectivity index (χ3n) is 2.43. The molecule has 0 aliphatic heterocycles. The highest BCUT2D eigenvalue weighted by atomic mass is 16.1. The van der Waals surface area contributed by atoms with E-state index in [0.29, 0.717) is 23.7 Å². The average molecular weight is 199 g/mol. The molecular weight excluding hydrogens is 190 g/mol. The first-order chi connectivity index (χ1) is 7.29. The van der Waals surface area contributed by atoms with Crippen LogP contribution in [0.1, 0.15) is 20.7 Å². The van der Waals surface area contributed by atoms with Gasteiger partial charge in [-0.25, -0.2) is 0 Å². The Morgan fingerprint density at radius 1 is 0.867 bits per heavy atom. The number of carbonyl (C=O) groups excluding carboxylic acids is 2. The molecule has 3 heteroatoms. The zero-order valence-corrected chi connectivity index (χ0v) is 7.94. The van der Waals surface area contributed by atoms with Gasteiger partial charge in [-0.1, -0.05) is 30.3 Å². The van der Waals surface area contributed by atoms with Crippen LogP contribution in [0.25, 0.3) is 11.1 Å². The van der Waals surface area contributed by atoms with Gasteiger partial charge in [0.15, 0.2) is 12.6 Å². The molecule has 0 saturated heterocycles. The minimum atomic E-state index is 0.265. The standard InChI is InChI=1S/C12H9NO2/c13-12-10(6-14)8-4-2-1-3-5-9(8)11(12)7-15/h1-7H,13H2. The molecule has 2 N–H and O–H groups in total. The van der Waals surface area contributed by atoms with E-state index in [1.165, 1.54) is 0 Å². The van der Waals surface area contributed by atoms with Gasteiger partial charge in [-0.3, -0.25) is 9.59 Å². The summed E-state index contributed by atoms with van der Waals surface area (Å²) >= 11 is 0. The lowest BCUT2D eigenvalue weighted by molar-refractivity contribution is 0.112. The first-order valence-corrected chi connectivity index (χ1v) is 4.50. The molecule has 2 aliphatic carbocycles. The zero-order valence-electron chi connectivity index (χ0n) is 7.94. The van der Waals surface area contributed by atoms with Gasteiger partial charge in [0.1, 0.15) is 0 Å². The fourth-order valence-corrected chi connectivity index (χ4v) is 1.71. The summed E-state index contributed by atoms with van der Waals surface area (Å²) in [6.07, 6.45) is 1.37. The Hall–Kier alpha value is -2.16. The predicted octanol–water partition coefficient (Wildman–Crippen LogP) is 2.00. The highest BCUT2D eigenvalue weighted by molar-refractivity contribution is 6.08. The topological polar surface area (TPSA) is 60.2 Å². The number of nitrogens with two attached hydrogens (primary N) is 1. The van der Waals surface area contributed by atoms with Gasteiger partial charge in [-0.2, -0.15) is 0 Å². The van der Waals surface area contributed by atoms with Gasteiger partial charge < -0.3 is 5.73 Å². The summed E-state index contributed by atoms with van der Waals surface area (Å²) in [6, 6.07) is 9.01. The van der Waals surface area contributed by atoms with E-state index in [1.807, 2.05) is 18.2 Å². The van der Waals surface area contributed by atoms with Crippen molar-refractivity contribution in [3.63, 3.8) is 0 Å². The number of aldehydes is 2. The summed E-state index contributed by atoms with van der Waals surface area (Å²) in [4.78, 5) is 21.8. The highest BCUT2D eigenvalue weighted by Crippen LogP contribution is 2.35. The molecule has 0 unspecified atom stereocenters. The van der Waals surface area contributed by atoms with E-state index >= 15 is 0 Å². The molecule has 2 aliphatic rings. The third kappa shape index (κ3) is 1.29.